The Hall–Kier alpha value is -1.31. The van der Waals surface area contributed by atoms with Gasteiger partial charge >= 0.3 is 5.97 Å². The molecule has 0 aromatic heterocycles. The SMILES string of the molecule is CC.CC(=O)Oc1ccc(C)cc1. The van der Waals surface area contributed by atoms with Crippen LogP contribution in [0.25, 0.3) is 0 Å². The molecular weight excluding hydrogens is 164 g/mol. The van der Waals surface area contributed by atoms with Crippen LogP contribution in [0.5, 0.6) is 5.75 Å². The molecule has 1 rings (SSSR count). The average molecular weight is 180 g/mol. The number of benzene rings is 1. The topological polar surface area (TPSA) is 26.3 Å². The van der Waals surface area contributed by atoms with Crippen LogP contribution in [0.3, 0.4) is 0 Å². The number of hydrogen-bond acceptors (Lipinski definition) is 2. The molecule has 0 N–H and O–H groups in total. The van der Waals surface area contributed by atoms with Crippen molar-refractivity contribution < 1.29 is 9.53 Å². The Kier molecular flexibility index (Phi) is 5.60. The fourth-order valence-corrected chi connectivity index (χ4v) is 0.772. The van der Waals surface area contributed by atoms with Crippen molar-refractivity contribution in [2.75, 3.05) is 0 Å². The summed E-state index contributed by atoms with van der Waals surface area (Å²) in [5.74, 6) is 0.317. The maximum absolute atomic E-state index is 10.5. The van der Waals surface area contributed by atoms with Gasteiger partial charge in [-0.05, 0) is 19.1 Å². The molecule has 0 aliphatic heterocycles. The Morgan fingerprint density at radius 1 is 1.15 bits per heavy atom. The Balaban J connectivity index is 0.000000671. The summed E-state index contributed by atoms with van der Waals surface area (Å²) in [4.78, 5) is 10.5. The molecule has 72 valence electrons. The number of aryl methyl sites for hydroxylation is 1. The maximum atomic E-state index is 10.5. The normalized spacial score (nSPS) is 8.31. The molecule has 0 saturated heterocycles. The van der Waals surface area contributed by atoms with Crippen LogP contribution in [0.1, 0.15) is 26.3 Å². The van der Waals surface area contributed by atoms with Crippen molar-refractivity contribution in [1.82, 2.24) is 0 Å². The van der Waals surface area contributed by atoms with E-state index < -0.39 is 0 Å². The lowest BCUT2D eigenvalue weighted by Gasteiger charge is -1.99. The van der Waals surface area contributed by atoms with Gasteiger partial charge in [0.05, 0.1) is 0 Å². The second-order valence-electron chi connectivity index (χ2n) is 2.41. The average Bonchev–Trinajstić information content (AvgIpc) is 2.12. The molecule has 0 aliphatic rings. The first kappa shape index (κ1) is 11.7. The first-order valence-electron chi connectivity index (χ1n) is 4.43. The van der Waals surface area contributed by atoms with Crippen molar-refractivity contribution in [2.45, 2.75) is 27.7 Å². The number of carbonyl (C=O) groups excluding carboxylic acids is 1. The monoisotopic (exact) mass is 180 g/mol. The third-order valence-electron chi connectivity index (χ3n) is 1.28. The highest BCUT2D eigenvalue weighted by atomic mass is 16.5. The van der Waals surface area contributed by atoms with Crippen molar-refractivity contribution in [3.05, 3.63) is 29.8 Å². The second-order valence-corrected chi connectivity index (χ2v) is 2.41. The van der Waals surface area contributed by atoms with Gasteiger partial charge in [-0.25, -0.2) is 0 Å². The summed E-state index contributed by atoms with van der Waals surface area (Å²) in [6.45, 7) is 7.37. The van der Waals surface area contributed by atoms with Gasteiger partial charge in [-0.2, -0.15) is 0 Å². The molecule has 0 bridgehead atoms. The highest BCUT2D eigenvalue weighted by Gasteiger charge is 1.94. The Morgan fingerprint density at radius 3 is 2.00 bits per heavy atom. The summed E-state index contributed by atoms with van der Waals surface area (Å²) in [7, 11) is 0. The number of ether oxygens (including phenoxy) is 1. The van der Waals surface area contributed by atoms with Gasteiger partial charge in [0.25, 0.3) is 0 Å². The molecule has 1 aromatic carbocycles. The molecule has 0 unspecified atom stereocenters. The molecule has 0 radical (unpaired) electrons. The van der Waals surface area contributed by atoms with Crippen molar-refractivity contribution in [2.24, 2.45) is 0 Å². The van der Waals surface area contributed by atoms with Gasteiger partial charge < -0.3 is 4.74 Å². The van der Waals surface area contributed by atoms with Crippen LogP contribution >= 0.6 is 0 Å². The number of carbonyl (C=O) groups is 1. The summed E-state index contributed by atoms with van der Waals surface area (Å²) in [5, 5.41) is 0. The lowest BCUT2D eigenvalue weighted by Crippen LogP contribution is -2.00. The van der Waals surface area contributed by atoms with E-state index in [1.54, 1.807) is 12.1 Å². The van der Waals surface area contributed by atoms with Crippen molar-refractivity contribution in [3.63, 3.8) is 0 Å². The predicted molar refractivity (Wildman–Crippen MR) is 53.8 cm³/mol. The molecule has 0 spiro atoms. The molecule has 0 saturated carbocycles. The molecule has 0 heterocycles. The Bertz CT molecular complexity index is 249. The van der Waals surface area contributed by atoms with E-state index in [4.69, 9.17) is 4.74 Å². The summed E-state index contributed by atoms with van der Waals surface area (Å²) in [5.41, 5.74) is 1.15. The summed E-state index contributed by atoms with van der Waals surface area (Å²) in [6, 6.07) is 7.35. The first-order valence-corrected chi connectivity index (χ1v) is 4.43. The predicted octanol–water partition coefficient (Wildman–Crippen LogP) is 2.95. The largest absolute Gasteiger partial charge is 0.427 e. The second kappa shape index (κ2) is 6.23. The lowest BCUT2D eigenvalue weighted by molar-refractivity contribution is -0.131. The quantitative estimate of drug-likeness (QED) is 0.490. The molecule has 0 atom stereocenters. The van der Waals surface area contributed by atoms with E-state index in [0.29, 0.717) is 5.75 Å². The van der Waals surface area contributed by atoms with Gasteiger partial charge in [0.1, 0.15) is 5.75 Å². The molecule has 0 fully saturated rings. The van der Waals surface area contributed by atoms with Crippen LogP contribution < -0.4 is 4.74 Å². The standard InChI is InChI=1S/C9H10O2.C2H6/c1-7-3-5-9(6-4-7)11-8(2)10;1-2/h3-6H,1-2H3;1-2H3. The van der Waals surface area contributed by atoms with E-state index in [-0.39, 0.29) is 5.97 Å². The smallest absolute Gasteiger partial charge is 0.308 e. The van der Waals surface area contributed by atoms with Gasteiger partial charge in [-0.15, -0.1) is 0 Å². The van der Waals surface area contributed by atoms with E-state index in [1.165, 1.54) is 6.92 Å². The zero-order chi connectivity index (χ0) is 10.3. The zero-order valence-corrected chi connectivity index (χ0v) is 8.63. The minimum Gasteiger partial charge on any atom is -0.427 e. The van der Waals surface area contributed by atoms with Crippen molar-refractivity contribution in [1.29, 1.82) is 0 Å². The fourth-order valence-electron chi connectivity index (χ4n) is 0.772. The van der Waals surface area contributed by atoms with E-state index >= 15 is 0 Å². The number of rotatable bonds is 1. The van der Waals surface area contributed by atoms with Crippen LogP contribution in [-0.2, 0) is 4.79 Å². The van der Waals surface area contributed by atoms with Gasteiger partial charge in [-0.3, -0.25) is 4.79 Å². The number of esters is 1. The molecular formula is C11H16O2. The first-order chi connectivity index (χ1) is 6.18. The van der Waals surface area contributed by atoms with Crippen LogP contribution in [-0.4, -0.2) is 5.97 Å². The van der Waals surface area contributed by atoms with Crippen LogP contribution in [0, 0.1) is 6.92 Å². The summed E-state index contributed by atoms with van der Waals surface area (Å²) in [6.07, 6.45) is 0. The van der Waals surface area contributed by atoms with Gasteiger partial charge in [-0.1, -0.05) is 31.5 Å². The highest BCUT2D eigenvalue weighted by molar-refractivity contribution is 5.69. The molecule has 1 aromatic rings. The molecule has 0 amide bonds. The molecule has 13 heavy (non-hydrogen) atoms. The van der Waals surface area contributed by atoms with Crippen LogP contribution in [0.4, 0.5) is 0 Å². The minimum atomic E-state index is -0.283. The third kappa shape index (κ3) is 5.01. The Labute approximate surface area is 79.5 Å². The highest BCUT2D eigenvalue weighted by Crippen LogP contribution is 2.10. The van der Waals surface area contributed by atoms with Gasteiger partial charge in [0.15, 0.2) is 0 Å². The van der Waals surface area contributed by atoms with Crippen molar-refractivity contribution in [3.8, 4) is 5.75 Å². The zero-order valence-electron chi connectivity index (χ0n) is 8.63. The maximum Gasteiger partial charge on any atom is 0.308 e. The lowest BCUT2D eigenvalue weighted by atomic mass is 10.2. The van der Waals surface area contributed by atoms with E-state index in [2.05, 4.69) is 0 Å². The van der Waals surface area contributed by atoms with Crippen molar-refractivity contribution >= 4 is 5.97 Å². The summed E-state index contributed by atoms with van der Waals surface area (Å²) >= 11 is 0. The van der Waals surface area contributed by atoms with Crippen LogP contribution in [0.2, 0.25) is 0 Å². The third-order valence-corrected chi connectivity index (χ3v) is 1.28. The van der Waals surface area contributed by atoms with Crippen LogP contribution in [0.15, 0.2) is 24.3 Å². The van der Waals surface area contributed by atoms with Gasteiger partial charge in [0.2, 0.25) is 0 Å². The minimum absolute atomic E-state index is 0.283. The summed E-state index contributed by atoms with van der Waals surface area (Å²) < 4.78 is 4.83. The Morgan fingerprint density at radius 2 is 1.62 bits per heavy atom. The molecule has 2 nitrogen and oxygen atoms in total. The van der Waals surface area contributed by atoms with Gasteiger partial charge in [0, 0.05) is 6.92 Å². The molecule has 2 heteroatoms. The fraction of sp³-hybridized carbons (Fsp3) is 0.364. The molecule has 0 aliphatic carbocycles. The van der Waals surface area contributed by atoms with E-state index in [9.17, 15) is 4.79 Å². The van der Waals surface area contributed by atoms with E-state index in [0.717, 1.165) is 5.56 Å². The van der Waals surface area contributed by atoms with E-state index in [1.807, 2.05) is 32.9 Å². The number of hydrogen-bond donors (Lipinski definition) is 0.